The van der Waals surface area contributed by atoms with Gasteiger partial charge in [0.05, 0.1) is 11.0 Å². The van der Waals surface area contributed by atoms with Gasteiger partial charge in [-0.3, -0.25) is 0 Å². The van der Waals surface area contributed by atoms with Gasteiger partial charge in [-0.1, -0.05) is 0 Å². The first-order chi connectivity index (χ1) is 10.2. The van der Waals surface area contributed by atoms with E-state index in [0.29, 0.717) is 0 Å². The van der Waals surface area contributed by atoms with Crippen LogP contribution in [0.25, 0.3) is 11.0 Å². The third kappa shape index (κ3) is 2.48. The van der Waals surface area contributed by atoms with E-state index in [4.69, 9.17) is 4.98 Å². The maximum atomic E-state index is 4.99. The summed E-state index contributed by atoms with van der Waals surface area (Å²) in [6.07, 6.45) is 5.25. The fourth-order valence-corrected chi connectivity index (χ4v) is 3.57. The van der Waals surface area contributed by atoms with Gasteiger partial charge >= 0.3 is 0 Å². The standard InChI is InChI=1S/C18H25N3/c1-12-9-16-17(10-13(12)2)21(18(20-16)15-3-4-15)11-14-5-7-19-8-6-14/h9-10,14-15,19H,3-8,11H2,1-2H3. The molecule has 0 radical (unpaired) electrons. The van der Waals surface area contributed by atoms with Crippen molar-refractivity contribution >= 4 is 11.0 Å². The van der Waals surface area contributed by atoms with E-state index in [0.717, 1.165) is 18.4 Å². The molecule has 3 heteroatoms. The molecule has 1 aliphatic carbocycles. The zero-order valence-corrected chi connectivity index (χ0v) is 13.2. The van der Waals surface area contributed by atoms with Crippen LogP contribution in [0.1, 0.15) is 48.6 Å². The second-order valence-electron chi connectivity index (χ2n) is 6.97. The van der Waals surface area contributed by atoms with Crippen LogP contribution in [0.2, 0.25) is 0 Å². The van der Waals surface area contributed by atoms with Crippen molar-refractivity contribution in [3.8, 4) is 0 Å². The fourth-order valence-electron chi connectivity index (χ4n) is 3.57. The highest BCUT2D eigenvalue weighted by Crippen LogP contribution is 2.41. The molecule has 112 valence electrons. The van der Waals surface area contributed by atoms with Crippen LogP contribution in [-0.2, 0) is 6.54 Å². The van der Waals surface area contributed by atoms with E-state index in [1.165, 1.54) is 66.8 Å². The Hall–Kier alpha value is -1.35. The van der Waals surface area contributed by atoms with Gasteiger partial charge in [-0.2, -0.15) is 0 Å². The van der Waals surface area contributed by atoms with Crippen molar-refractivity contribution < 1.29 is 0 Å². The van der Waals surface area contributed by atoms with Crippen LogP contribution >= 0.6 is 0 Å². The van der Waals surface area contributed by atoms with Gasteiger partial charge in [-0.25, -0.2) is 4.98 Å². The Labute approximate surface area is 126 Å². The second-order valence-corrected chi connectivity index (χ2v) is 6.97. The van der Waals surface area contributed by atoms with E-state index >= 15 is 0 Å². The molecule has 1 aromatic carbocycles. The normalized spacial score (nSPS) is 20.3. The molecule has 0 amide bonds. The third-order valence-corrected chi connectivity index (χ3v) is 5.24. The Morgan fingerprint density at radius 3 is 2.52 bits per heavy atom. The van der Waals surface area contributed by atoms with Gasteiger partial charge in [-0.05, 0) is 81.8 Å². The number of hydrogen-bond donors (Lipinski definition) is 1. The number of fused-ring (bicyclic) bond motifs is 1. The van der Waals surface area contributed by atoms with Gasteiger partial charge in [-0.15, -0.1) is 0 Å². The van der Waals surface area contributed by atoms with Crippen molar-refractivity contribution in [2.24, 2.45) is 5.92 Å². The molecule has 1 N–H and O–H groups in total. The lowest BCUT2D eigenvalue weighted by Crippen LogP contribution is -2.30. The average molecular weight is 283 g/mol. The summed E-state index contributed by atoms with van der Waals surface area (Å²) in [4.78, 5) is 4.99. The number of benzene rings is 1. The molecule has 0 spiro atoms. The molecule has 3 nitrogen and oxygen atoms in total. The van der Waals surface area contributed by atoms with Crippen LogP contribution in [0.15, 0.2) is 12.1 Å². The number of nitrogens with zero attached hydrogens (tertiary/aromatic N) is 2. The molecule has 2 aromatic rings. The Kier molecular flexibility index (Phi) is 3.26. The smallest absolute Gasteiger partial charge is 0.112 e. The maximum Gasteiger partial charge on any atom is 0.112 e. The molecule has 1 aliphatic heterocycles. The van der Waals surface area contributed by atoms with Gasteiger partial charge < -0.3 is 9.88 Å². The lowest BCUT2D eigenvalue weighted by atomic mass is 9.98. The van der Waals surface area contributed by atoms with Gasteiger partial charge in [0.2, 0.25) is 0 Å². The van der Waals surface area contributed by atoms with E-state index in [9.17, 15) is 0 Å². The highest BCUT2D eigenvalue weighted by molar-refractivity contribution is 5.78. The zero-order chi connectivity index (χ0) is 14.4. The highest BCUT2D eigenvalue weighted by Gasteiger charge is 2.30. The summed E-state index contributed by atoms with van der Waals surface area (Å²) in [5.74, 6) is 2.89. The van der Waals surface area contributed by atoms with Crippen LogP contribution in [0, 0.1) is 19.8 Å². The van der Waals surface area contributed by atoms with Crippen molar-refractivity contribution in [3.05, 3.63) is 29.1 Å². The number of nitrogens with one attached hydrogen (secondary N) is 1. The minimum atomic E-state index is 0.722. The molecular weight excluding hydrogens is 258 g/mol. The van der Waals surface area contributed by atoms with Crippen molar-refractivity contribution in [1.82, 2.24) is 14.9 Å². The van der Waals surface area contributed by atoms with Crippen molar-refractivity contribution in [2.75, 3.05) is 13.1 Å². The van der Waals surface area contributed by atoms with Crippen LogP contribution in [0.4, 0.5) is 0 Å². The predicted octanol–water partition coefficient (Wildman–Crippen LogP) is 3.53. The number of imidazole rings is 1. The van der Waals surface area contributed by atoms with Gasteiger partial charge in [0.25, 0.3) is 0 Å². The van der Waals surface area contributed by atoms with Crippen LogP contribution in [-0.4, -0.2) is 22.6 Å². The van der Waals surface area contributed by atoms with E-state index in [-0.39, 0.29) is 0 Å². The molecule has 2 heterocycles. The maximum absolute atomic E-state index is 4.99. The number of rotatable bonds is 3. The number of piperidine rings is 1. The van der Waals surface area contributed by atoms with Gasteiger partial charge in [0.1, 0.15) is 5.82 Å². The largest absolute Gasteiger partial charge is 0.327 e. The van der Waals surface area contributed by atoms with Crippen molar-refractivity contribution in [1.29, 1.82) is 0 Å². The van der Waals surface area contributed by atoms with E-state index in [1.807, 2.05) is 0 Å². The minimum Gasteiger partial charge on any atom is -0.327 e. The predicted molar refractivity (Wildman–Crippen MR) is 86.8 cm³/mol. The summed E-state index contributed by atoms with van der Waals surface area (Å²) in [5.41, 5.74) is 5.31. The number of aromatic nitrogens is 2. The first-order valence-corrected chi connectivity index (χ1v) is 8.40. The minimum absolute atomic E-state index is 0.722. The van der Waals surface area contributed by atoms with Gasteiger partial charge in [0, 0.05) is 12.5 Å². The highest BCUT2D eigenvalue weighted by atomic mass is 15.1. The third-order valence-electron chi connectivity index (χ3n) is 5.24. The summed E-state index contributed by atoms with van der Waals surface area (Å²) in [6.45, 7) is 7.92. The summed E-state index contributed by atoms with van der Waals surface area (Å²) < 4.78 is 2.55. The van der Waals surface area contributed by atoms with E-state index < -0.39 is 0 Å². The summed E-state index contributed by atoms with van der Waals surface area (Å²) >= 11 is 0. The Morgan fingerprint density at radius 1 is 1.10 bits per heavy atom. The second kappa shape index (κ2) is 5.13. The van der Waals surface area contributed by atoms with Crippen LogP contribution in [0.3, 0.4) is 0 Å². The van der Waals surface area contributed by atoms with Gasteiger partial charge in [0.15, 0.2) is 0 Å². The van der Waals surface area contributed by atoms with Crippen molar-refractivity contribution in [3.63, 3.8) is 0 Å². The molecule has 0 atom stereocenters. The molecule has 1 saturated carbocycles. The molecular formula is C18H25N3. The number of aryl methyl sites for hydroxylation is 2. The summed E-state index contributed by atoms with van der Waals surface area (Å²) in [5, 5.41) is 3.47. The summed E-state index contributed by atoms with van der Waals surface area (Å²) in [7, 11) is 0. The quantitative estimate of drug-likeness (QED) is 0.934. The Bertz CT molecular complexity index is 661. The average Bonchev–Trinajstić information content (AvgIpc) is 3.27. The van der Waals surface area contributed by atoms with E-state index in [1.54, 1.807) is 0 Å². The molecule has 4 rings (SSSR count). The Morgan fingerprint density at radius 2 is 1.81 bits per heavy atom. The lowest BCUT2D eigenvalue weighted by Gasteiger charge is -2.24. The lowest BCUT2D eigenvalue weighted by molar-refractivity contribution is 0.333. The molecule has 1 aromatic heterocycles. The van der Waals surface area contributed by atoms with Crippen LogP contribution < -0.4 is 5.32 Å². The fraction of sp³-hybridized carbons (Fsp3) is 0.611. The molecule has 2 aliphatic rings. The molecule has 21 heavy (non-hydrogen) atoms. The number of hydrogen-bond acceptors (Lipinski definition) is 2. The van der Waals surface area contributed by atoms with E-state index in [2.05, 4.69) is 35.9 Å². The SMILES string of the molecule is Cc1cc2nc(C3CC3)n(CC3CCNCC3)c2cc1C. The summed E-state index contributed by atoms with van der Waals surface area (Å²) in [6, 6.07) is 4.63. The van der Waals surface area contributed by atoms with Crippen LogP contribution in [0.5, 0.6) is 0 Å². The zero-order valence-electron chi connectivity index (χ0n) is 13.2. The topological polar surface area (TPSA) is 29.9 Å². The monoisotopic (exact) mass is 283 g/mol. The first kappa shape index (κ1) is 13.3. The Balaban J connectivity index is 1.76. The van der Waals surface area contributed by atoms with Crippen molar-refractivity contribution in [2.45, 2.75) is 52.0 Å². The molecule has 1 saturated heterocycles. The first-order valence-electron chi connectivity index (χ1n) is 8.40. The molecule has 0 unspecified atom stereocenters. The molecule has 2 fully saturated rings. The molecule has 0 bridgehead atoms.